The van der Waals surface area contributed by atoms with Crippen molar-refractivity contribution >= 4 is 11.6 Å². The molecule has 0 unspecified atom stereocenters. The normalized spacial score (nSPS) is 10.8. The summed E-state index contributed by atoms with van der Waals surface area (Å²) in [5.41, 5.74) is 0.925. The highest BCUT2D eigenvalue weighted by molar-refractivity contribution is 6.31. The van der Waals surface area contributed by atoms with Crippen LogP contribution in [-0.2, 0) is 19.6 Å². The minimum atomic E-state index is 0.268. The molecule has 0 atom stereocenters. The third kappa shape index (κ3) is 3.71. The standard InChI is InChI=1S/C14H18ClN3O2/c1-3-5-14-17-13(18-20-14)9-19-12-7-4-6-11(15)10(12)8-16-2/h4,6-7,16H,3,5,8-9H2,1-2H3. The van der Waals surface area contributed by atoms with Gasteiger partial charge in [0.15, 0.2) is 6.61 Å². The van der Waals surface area contributed by atoms with Gasteiger partial charge in [0, 0.05) is 23.6 Å². The molecule has 20 heavy (non-hydrogen) atoms. The van der Waals surface area contributed by atoms with Crippen molar-refractivity contribution in [1.29, 1.82) is 0 Å². The molecule has 0 aliphatic heterocycles. The summed E-state index contributed by atoms with van der Waals surface area (Å²) in [6.07, 6.45) is 1.76. The number of nitrogens with one attached hydrogen (secondary N) is 1. The molecular weight excluding hydrogens is 278 g/mol. The first-order chi connectivity index (χ1) is 9.74. The lowest BCUT2D eigenvalue weighted by atomic mass is 10.2. The van der Waals surface area contributed by atoms with E-state index in [-0.39, 0.29) is 6.61 Å². The number of hydrogen-bond donors (Lipinski definition) is 1. The van der Waals surface area contributed by atoms with Gasteiger partial charge in [-0.05, 0) is 25.6 Å². The Morgan fingerprint density at radius 2 is 2.25 bits per heavy atom. The zero-order valence-corrected chi connectivity index (χ0v) is 12.4. The van der Waals surface area contributed by atoms with Crippen molar-refractivity contribution in [2.45, 2.75) is 32.9 Å². The van der Waals surface area contributed by atoms with Crippen LogP contribution in [0.5, 0.6) is 5.75 Å². The summed E-state index contributed by atoms with van der Waals surface area (Å²) >= 11 is 6.17. The Morgan fingerprint density at radius 3 is 3.00 bits per heavy atom. The number of aryl methyl sites for hydroxylation is 1. The average Bonchev–Trinajstić information content (AvgIpc) is 2.88. The van der Waals surface area contributed by atoms with Gasteiger partial charge in [0.05, 0.1) is 0 Å². The third-order valence-corrected chi connectivity index (χ3v) is 3.11. The fourth-order valence-electron chi connectivity index (χ4n) is 1.83. The zero-order valence-electron chi connectivity index (χ0n) is 11.6. The highest BCUT2D eigenvalue weighted by atomic mass is 35.5. The molecule has 1 aromatic carbocycles. The van der Waals surface area contributed by atoms with Crippen LogP contribution in [0.4, 0.5) is 0 Å². The van der Waals surface area contributed by atoms with Gasteiger partial charge in [-0.3, -0.25) is 0 Å². The van der Waals surface area contributed by atoms with E-state index in [4.69, 9.17) is 20.9 Å². The molecule has 0 spiro atoms. The van der Waals surface area contributed by atoms with Crippen molar-refractivity contribution in [3.8, 4) is 5.75 Å². The molecule has 0 aliphatic rings. The Kier molecular flexibility index (Phi) is 5.38. The maximum Gasteiger partial charge on any atom is 0.226 e. The van der Waals surface area contributed by atoms with Gasteiger partial charge in [-0.2, -0.15) is 4.98 Å². The Morgan fingerprint density at radius 1 is 1.40 bits per heavy atom. The average molecular weight is 296 g/mol. The molecule has 0 amide bonds. The summed E-state index contributed by atoms with van der Waals surface area (Å²) in [5, 5.41) is 7.64. The molecule has 5 nitrogen and oxygen atoms in total. The van der Waals surface area contributed by atoms with Gasteiger partial charge in [0.1, 0.15) is 5.75 Å². The SMILES string of the molecule is CCCc1nc(COc2cccc(Cl)c2CNC)no1. The first kappa shape index (κ1) is 14.8. The molecule has 2 aromatic rings. The molecule has 6 heteroatoms. The minimum Gasteiger partial charge on any atom is -0.485 e. The van der Waals surface area contributed by atoms with Gasteiger partial charge in [0.25, 0.3) is 0 Å². The second-order valence-corrected chi connectivity index (χ2v) is 4.80. The Labute approximate surface area is 123 Å². The lowest BCUT2D eigenvalue weighted by Crippen LogP contribution is -2.08. The third-order valence-electron chi connectivity index (χ3n) is 2.76. The van der Waals surface area contributed by atoms with E-state index in [9.17, 15) is 0 Å². The van der Waals surface area contributed by atoms with E-state index in [0.29, 0.717) is 23.3 Å². The quantitative estimate of drug-likeness (QED) is 0.851. The summed E-state index contributed by atoms with van der Waals surface area (Å²) in [6, 6.07) is 5.58. The molecule has 1 aromatic heterocycles. The number of benzene rings is 1. The molecule has 1 N–H and O–H groups in total. The molecular formula is C14H18ClN3O2. The van der Waals surface area contributed by atoms with E-state index in [0.717, 1.165) is 24.2 Å². The smallest absolute Gasteiger partial charge is 0.226 e. The van der Waals surface area contributed by atoms with Crippen LogP contribution < -0.4 is 10.1 Å². The molecule has 0 saturated carbocycles. The monoisotopic (exact) mass is 295 g/mol. The predicted octanol–water partition coefficient (Wildman–Crippen LogP) is 2.97. The van der Waals surface area contributed by atoms with E-state index >= 15 is 0 Å². The van der Waals surface area contributed by atoms with Crippen LogP contribution in [0, 0.1) is 0 Å². The molecule has 2 rings (SSSR count). The maximum atomic E-state index is 6.17. The van der Waals surface area contributed by atoms with Crippen molar-refractivity contribution in [3.05, 3.63) is 40.5 Å². The molecule has 0 bridgehead atoms. The number of halogens is 1. The second kappa shape index (κ2) is 7.26. The number of aromatic nitrogens is 2. The van der Waals surface area contributed by atoms with Gasteiger partial charge < -0.3 is 14.6 Å². The number of hydrogen-bond acceptors (Lipinski definition) is 5. The second-order valence-electron chi connectivity index (χ2n) is 4.39. The van der Waals surface area contributed by atoms with Gasteiger partial charge in [-0.1, -0.05) is 29.7 Å². The van der Waals surface area contributed by atoms with Gasteiger partial charge in [-0.15, -0.1) is 0 Å². The van der Waals surface area contributed by atoms with Crippen molar-refractivity contribution < 1.29 is 9.26 Å². The molecule has 0 fully saturated rings. The lowest BCUT2D eigenvalue weighted by Gasteiger charge is -2.11. The van der Waals surface area contributed by atoms with Crippen molar-refractivity contribution in [2.24, 2.45) is 0 Å². The first-order valence-electron chi connectivity index (χ1n) is 6.60. The van der Waals surface area contributed by atoms with Crippen LogP contribution in [0.15, 0.2) is 22.7 Å². The molecule has 1 heterocycles. The van der Waals surface area contributed by atoms with Crippen LogP contribution in [-0.4, -0.2) is 17.2 Å². The summed E-state index contributed by atoms with van der Waals surface area (Å²) in [7, 11) is 1.86. The van der Waals surface area contributed by atoms with E-state index in [1.54, 1.807) is 0 Å². The largest absolute Gasteiger partial charge is 0.485 e. The lowest BCUT2D eigenvalue weighted by molar-refractivity contribution is 0.282. The summed E-state index contributed by atoms with van der Waals surface area (Å²) < 4.78 is 10.9. The van der Waals surface area contributed by atoms with E-state index in [1.165, 1.54) is 0 Å². The van der Waals surface area contributed by atoms with Crippen LogP contribution in [0.1, 0.15) is 30.6 Å². The summed E-state index contributed by atoms with van der Waals surface area (Å²) in [4.78, 5) is 4.26. The predicted molar refractivity (Wildman–Crippen MR) is 76.8 cm³/mol. The minimum absolute atomic E-state index is 0.268. The molecule has 0 radical (unpaired) electrons. The first-order valence-corrected chi connectivity index (χ1v) is 6.98. The van der Waals surface area contributed by atoms with Crippen molar-refractivity contribution in [3.63, 3.8) is 0 Å². The summed E-state index contributed by atoms with van der Waals surface area (Å²) in [6.45, 7) is 2.98. The number of nitrogens with zero attached hydrogens (tertiary/aromatic N) is 2. The van der Waals surface area contributed by atoms with Gasteiger partial charge >= 0.3 is 0 Å². The maximum absolute atomic E-state index is 6.17. The van der Waals surface area contributed by atoms with Crippen LogP contribution in [0.25, 0.3) is 0 Å². The topological polar surface area (TPSA) is 60.2 Å². The fourth-order valence-corrected chi connectivity index (χ4v) is 2.06. The summed E-state index contributed by atoms with van der Waals surface area (Å²) in [5.74, 6) is 1.92. The number of ether oxygens (including phenoxy) is 1. The van der Waals surface area contributed by atoms with E-state index < -0.39 is 0 Å². The highest BCUT2D eigenvalue weighted by Crippen LogP contribution is 2.26. The molecule has 108 valence electrons. The van der Waals surface area contributed by atoms with Crippen molar-refractivity contribution in [1.82, 2.24) is 15.5 Å². The highest BCUT2D eigenvalue weighted by Gasteiger charge is 2.10. The van der Waals surface area contributed by atoms with E-state index in [1.807, 2.05) is 25.2 Å². The van der Waals surface area contributed by atoms with Gasteiger partial charge in [-0.25, -0.2) is 0 Å². The fraction of sp³-hybridized carbons (Fsp3) is 0.429. The van der Waals surface area contributed by atoms with Crippen LogP contribution in [0.2, 0.25) is 5.02 Å². The Hall–Kier alpha value is -1.59. The Bertz CT molecular complexity index is 557. The zero-order chi connectivity index (χ0) is 14.4. The van der Waals surface area contributed by atoms with Gasteiger partial charge in [0.2, 0.25) is 11.7 Å². The molecule has 0 saturated heterocycles. The van der Waals surface area contributed by atoms with Crippen LogP contribution >= 0.6 is 11.6 Å². The van der Waals surface area contributed by atoms with Crippen molar-refractivity contribution in [2.75, 3.05) is 7.05 Å². The number of rotatable bonds is 7. The van der Waals surface area contributed by atoms with E-state index in [2.05, 4.69) is 22.4 Å². The molecule has 0 aliphatic carbocycles. The Balaban J connectivity index is 2.04. The van der Waals surface area contributed by atoms with Crippen LogP contribution in [0.3, 0.4) is 0 Å².